The van der Waals surface area contributed by atoms with Crippen molar-refractivity contribution in [3.8, 4) is 0 Å². The third kappa shape index (κ3) is 3.39. The van der Waals surface area contributed by atoms with E-state index in [9.17, 15) is 4.79 Å². The highest BCUT2D eigenvalue weighted by molar-refractivity contribution is 6.54. The van der Waals surface area contributed by atoms with Gasteiger partial charge in [-0.1, -0.05) is 36.7 Å². The highest BCUT2D eigenvalue weighted by Crippen LogP contribution is 2.31. The Morgan fingerprint density at radius 1 is 1.15 bits per heavy atom. The molecule has 2 aliphatic rings. The summed E-state index contributed by atoms with van der Waals surface area (Å²) in [7, 11) is 0. The highest BCUT2D eigenvalue weighted by atomic mass is 35.5. The molecule has 0 bridgehead atoms. The second-order valence-electron chi connectivity index (χ2n) is 7.15. The number of anilines is 1. The summed E-state index contributed by atoms with van der Waals surface area (Å²) in [5, 5.41) is 0.660. The number of amides is 1. The Bertz CT molecular complexity index is 847. The molecule has 0 radical (unpaired) electrons. The van der Waals surface area contributed by atoms with E-state index < -0.39 is 0 Å². The zero-order chi connectivity index (χ0) is 18.1. The average Bonchev–Trinajstić information content (AvgIpc) is 2.90. The fraction of sp³-hybridized carbons (Fsp3) is 0.333. The lowest BCUT2D eigenvalue weighted by Crippen LogP contribution is -2.45. The molecule has 2 aromatic carbocycles. The molecule has 1 unspecified atom stereocenters. The maximum Gasteiger partial charge on any atom is 0.278 e. The molecular weight excluding hydrogens is 346 g/mol. The third-order valence-electron chi connectivity index (χ3n) is 5.05. The number of nitrogens with zero attached hydrogens (tertiary/aromatic N) is 3. The molecule has 26 heavy (non-hydrogen) atoms. The Balaban J connectivity index is 1.65. The number of rotatable bonds is 3. The van der Waals surface area contributed by atoms with Crippen LogP contribution in [0.25, 0.3) is 0 Å². The summed E-state index contributed by atoms with van der Waals surface area (Å²) in [5.41, 5.74) is 3.09. The summed E-state index contributed by atoms with van der Waals surface area (Å²) < 4.78 is 0. The lowest BCUT2D eigenvalue weighted by Gasteiger charge is -2.33. The molecular formula is C21H22ClN3O. The maximum atomic E-state index is 13.1. The number of halogens is 1. The second kappa shape index (κ2) is 7.22. The van der Waals surface area contributed by atoms with E-state index in [0.717, 1.165) is 30.0 Å². The van der Waals surface area contributed by atoms with Gasteiger partial charge in [0.05, 0.1) is 18.0 Å². The summed E-state index contributed by atoms with van der Waals surface area (Å²) in [4.78, 5) is 22.0. The first-order valence-electron chi connectivity index (χ1n) is 9.10. The SMILES string of the molecule is CC1CCCN(CN2C(=O)C(=Nc3ccc(Cl)cc3)c3ccccc32)C1. The average molecular weight is 368 g/mol. The van der Waals surface area contributed by atoms with Crippen LogP contribution in [-0.2, 0) is 4.79 Å². The van der Waals surface area contributed by atoms with Gasteiger partial charge in [0.25, 0.3) is 5.91 Å². The monoisotopic (exact) mass is 367 g/mol. The smallest absolute Gasteiger partial charge is 0.278 e. The van der Waals surface area contributed by atoms with Crippen LogP contribution in [0, 0.1) is 5.92 Å². The zero-order valence-corrected chi connectivity index (χ0v) is 15.6. The van der Waals surface area contributed by atoms with Gasteiger partial charge in [0, 0.05) is 17.1 Å². The number of para-hydroxylation sites is 1. The Kier molecular flexibility index (Phi) is 4.79. The Labute approximate surface area is 159 Å². The Hall–Kier alpha value is -2.17. The number of piperidine rings is 1. The summed E-state index contributed by atoms with van der Waals surface area (Å²) in [6, 6.07) is 15.2. The minimum Gasteiger partial charge on any atom is -0.293 e. The van der Waals surface area contributed by atoms with Crippen molar-refractivity contribution < 1.29 is 4.79 Å². The Morgan fingerprint density at radius 2 is 1.92 bits per heavy atom. The van der Waals surface area contributed by atoms with Crippen molar-refractivity contribution in [3.05, 3.63) is 59.1 Å². The highest BCUT2D eigenvalue weighted by Gasteiger charge is 2.35. The summed E-state index contributed by atoms with van der Waals surface area (Å²) >= 11 is 5.95. The molecule has 2 aromatic rings. The van der Waals surface area contributed by atoms with Gasteiger partial charge in [0.1, 0.15) is 5.71 Å². The molecule has 1 fully saturated rings. The summed E-state index contributed by atoms with van der Waals surface area (Å²) in [5.74, 6) is 0.651. The predicted molar refractivity (Wildman–Crippen MR) is 106 cm³/mol. The largest absolute Gasteiger partial charge is 0.293 e. The number of benzene rings is 2. The van der Waals surface area contributed by atoms with Crippen molar-refractivity contribution in [3.63, 3.8) is 0 Å². The van der Waals surface area contributed by atoms with Crippen LogP contribution >= 0.6 is 11.6 Å². The molecule has 0 N–H and O–H groups in total. The van der Waals surface area contributed by atoms with E-state index in [2.05, 4.69) is 16.8 Å². The number of hydrogen-bond donors (Lipinski definition) is 0. The normalized spacial score (nSPS) is 22.1. The van der Waals surface area contributed by atoms with E-state index in [0.29, 0.717) is 23.3 Å². The van der Waals surface area contributed by atoms with Gasteiger partial charge in [-0.25, -0.2) is 4.99 Å². The molecule has 1 atom stereocenters. The molecule has 1 amide bonds. The first kappa shape index (κ1) is 17.3. The van der Waals surface area contributed by atoms with E-state index >= 15 is 0 Å². The van der Waals surface area contributed by atoms with E-state index in [1.165, 1.54) is 12.8 Å². The van der Waals surface area contributed by atoms with Crippen molar-refractivity contribution in [2.75, 3.05) is 24.7 Å². The van der Waals surface area contributed by atoms with Crippen LogP contribution in [0.3, 0.4) is 0 Å². The number of carbonyl (C=O) groups excluding carboxylic acids is 1. The molecule has 2 heterocycles. The number of likely N-dealkylation sites (tertiary alicyclic amines) is 1. The molecule has 134 valence electrons. The molecule has 4 nitrogen and oxygen atoms in total. The van der Waals surface area contributed by atoms with Crippen molar-refractivity contribution in [1.82, 2.24) is 4.90 Å². The van der Waals surface area contributed by atoms with E-state index in [1.54, 1.807) is 12.1 Å². The van der Waals surface area contributed by atoms with Gasteiger partial charge in [-0.05, 0) is 55.6 Å². The summed E-state index contributed by atoms with van der Waals surface area (Å²) in [6.07, 6.45) is 2.46. The molecule has 2 aliphatic heterocycles. The topological polar surface area (TPSA) is 35.9 Å². The van der Waals surface area contributed by atoms with E-state index in [1.807, 2.05) is 41.3 Å². The number of hydrogen-bond acceptors (Lipinski definition) is 3. The Morgan fingerprint density at radius 3 is 2.69 bits per heavy atom. The first-order chi connectivity index (χ1) is 12.6. The lowest BCUT2D eigenvalue weighted by molar-refractivity contribution is -0.112. The molecule has 0 saturated carbocycles. The molecule has 0 spiro atoms. The standard InChI is InChI=1S/C21H22ClN3O/c1-15-5-4-12-24(13-15)14-25-19-7-3-2-6-18(19)20(21(25)26)23-17-10-8-16(22)9-11-17/h2-3,6-11,15H,4-5,12-14H2,1H3. The van der Waals surface area contributed by atoms with Gasteiger partial charge in [-0.15, -0.1) is 0 Å². The fourth-order valence-corrected chi connectivity index (χ4v) is 3.90. The first-order valence-corrected chi connectivity index (χ1v) is 9.47. The van der Waals surface area contributed by atoms with Gasteiger partial charge in [-0.2, -0.15) is 0 Å². The van der Waals surface area contributed by atoms with Gasteiger partial charge in [-0.3, -0.25) is 14.6 Å². The van der Waals surface area contributed by atoms with Crippen LogP contribution in [0.2, 0.25) is 5.02 Å². The second-order valence-corrected chi connectivity index (χ2v) is 7.59. The zero-order valence-electron chi connectivity index (χ0n) is 14.9. The van der Waals surface area contributed by atoms with Crippen molar-refractivity contribution in [2.24, 2.45) is 10.9 Å². The fourth-order valence-electron chi connectivity index (χ4n) is 3.77. The molecule has 0 aromatic heterocycles. The molecule has 1 saturated heterocycles. The van der Waals surface area contributed by atoms with Gasteiger partial charge in [0.15, 0.2) is 0 Å². The predicted octanol–water partition coefficient (Wildman–Crippen LogP) is 4.50. The molecule has 4 rings (SSSR count). The minimum atomic E-state index is -0.0284. The van der Waals surface area contributed by atoms with Gasteiger partial charge in [0.2, 0.25) is 0 Å². The third-order valence-corrected chi connectivity index (χ3v) is 5.30. The van der Waals surface area contributed by atoms with Crippen LogP contribution in [0.5, 0.6) is 0 Å². The van der Waals surface area contributed by atoms with E-state index in [4.69, 9.17) is 11.6 Å². The van der Waals surface area contributed by atoms with Crippen LogP contribution in [0.15, 0.2) is 53.5 Å². The van der Waals surface area contributed by atoms with Crippen LogP contribution in [-0.4, -0.2) is 36.3 Å². The van der Waals surface area contributed by atoms with E-state index in [-0.39, 0.29) is 5.91 Å². The van der Waals surface area contributed by atoms with Crippen molar-refractivity contribution in [2.45, 2.75) is 19.8 Å². The van der Waals surface area contributed by atoms with Crippen LogP contribution in [0.1, 0.15) is 25.3 Å². The number of aliphatic imine (C=N–C) groups is 1. The molecule has 0 aliphatic carbocycles. The minimum absolute atomic E-state index is 0.0284. The van der Waals surface area contributed by atoms with Gasteiger partial charge < -0.3 is 0 Å². The number of carbonyl (C=O) groups is 1. The molecule has 5 heteroatoms. The maximum absolute atomic E-state index is 13.1. The quantitative estimate of drug-likeness (QED) is 0.800. The summed E-state index contributed by atoms with van der Waals surface area (Å²) in [6.45, 7) is 4.98. The van der Waals surface area contributed by atoms with Crippen molar-refractivity contribution >= 4 is 34.6 Å². The van der Waals surface area contributed by atoms with Crippen molar-refractivity contribution in [1.29, 1.82) is 0 Å². The number of fused-ring (bicyclic) bond motifs is 1. The van der Waals surface area contributed by atoms with Gasteiger partial charge >= 0.3 is 0 Å². The van der Waals surface area contributed by atoms with Crippen LogP contribution < -0.4 is 4.90 Å². The van der Waals surface area contributed by atoms with Crippen LogP contribution in [0.4, 0.5) is 11.4 Å². The lowest BCUT2D eigenvalue weighted by atomic mass is 10.0.